The monoisotopic (exact) mass is 252 g/mol. The lowest BCUT2D eigenvalue weighted by Crippen LogP contribution is -2.18. The van der Waals surface area contributed by atoms with Crippen LogP contribution in [0.4, 0.5) is 11.4 Å². The number of rotatable bonds is 2. The van der Waals surface area contributed by atoms with Crippen molar-refractivity contribution in [3.05, 3.63) is 59.2 Å². The zero-order valence-corrected chi connectivity index (χ0v) is 10.6. The molecule has 0 unspecified atom stereocenters. The van der Waals surface area contributed by atoms with Crippen molar-refractivity contribution in [2.24, 2.45) is 0 Å². The molecule has 3 nitrogen and oxygen atoms in total. The van der Waals surface area contributed by atoms with Crippen LogP contribution in [0.3, 0.4) is 0 Å². The molecular weight excluding hydrogens is 236 g/mol. The third kappa shape index (κ3) is 2.60. The second-order valence-corrected chi connectivity index (χ2v) is 4.96. The Balaban J connectivity index is 1.85. The lowest BCUT2D eigenvalue weighted by atomic mass is 9.97. The number of anilines is 2. The van der Waals surface area contributed by atoms with Gasteiger partial charge in [-0.25, -0.2) is 0 Å². The Hall–Kier alpha value is -2.29. The second-order valence-electron chi connectivity index (χ2n) is 4.96. The minimum Gasteiger partial charge on any atom is -0.399 e. The van der Waals surface area contributed by atoms with E-state index in [1.54, 1.807) is 0 Å². The van der Waals surface area contributed by atoms with Gasteiger partial charge in [0.1, 0.15) is 0 Å². The fraction of sp³-hybridized carbons (Fsp3) is 0.188. The minimum atomic E-state index is 0.107. The summed E-state index contributed by atoms with van der Waals surface area (Å²) in [4.78, 5) is 11.3. The van der Waals surface area contributed by atoms with E-state index in [-0.39, 0.29) is 5.91 Å². The van der Waals surface area contributed by atoms with E-state index in [1.807, 2.05) is 24.3 Å². The van der Waals surface area contributed by atoms with Crippen LogP contribution in [0.1, 0.15) is 23.1 Å². The van der Waals surface area contributed by atoms with E-state index in [9.17, 15) is 4.79 Å². The number of fused-ring (bicyclic) bond motifs is 1. The molecule has 1 amide bonds. The lowest BCUT2D eigenvalue weighted by Gasteiger charge is -2.17. The van der Waals surface area contributed by atoms with E-state index in [0.717, 1.165) is 24.2 Å². The van der Waals surface area contributed by atoms with Crippen molar-refractivity contribution < 1.29 is 4.79 Å². The Kier molecular flexibility index (Phi) is 2.95. The summed E-state index contributed by atoms with van der Waals surface area (Å²) in [5.41, 5.74) is 11.2. The van der Waals surface area contributed by atoms with Crippen LogP contribution in [0.25, 0.3) is 0 Å². The van der Waals surface area contributed by atoms with Gasteiger partial charge in [-0.15, -0.1) is 0 Å². The third-order valence-corrected chi connectivity index (χ3v) is 3.42. The van der Waals surface area contributed by atoms with Crippen molar-refractivity contribution in [2.45, 2.75) is 19.3 Å². The van der Waals surface area contributed by atoms with Gasteiger partial charge in [-0.3, -0.25) is 4.79 Å². The van der Waals surface area contributed by atoms with Crippen molar-refractivity contribution >= 4 is 17.3 Å². The standard InChI is InChI=1S/C16H16N2O/c17-14-3-1-2-11(10-14)8-12-4-6-15-13(9-12)5-7-16(19)18-15/h1-4,6,9-10H,5,7-8,17H2,(H,18,19). The molecule has 2 aromatic rings. The Bertz CT molecular complexity index is 634. The van der Waals surface area contributed by atoms with Crippen LogP contribution in [0, 0.1) is 0 Å². The molecule has 0 atom stereocenters. The van der Waals surface area contributed by atoms with Crippen LogP contribution in [0.2, 0.25) is 0 Å². The lowest BCUT2D eigenvalue weighted by molar-refractivity contribution is -0.116. The maximum absolute atomic E-state index is 11.3. The minimum absolute atomic E-state index is 0.107. The molecule has 1 heterocycles. The van der Waals surface area contributed by atoms with Gasteiger partial charge in [-0.05, 0) is 47.7 Å². The van der Waals surface area contributed by atoms with E-state index in [2.05, 4.69) is 23.5 Å². The van der Waals surface area contributed by atoms with Crippen LogP contribution in [-0.4, -0.2) is 5.91 Å². The molecule has 3 N–H and O–H groups in total. The fourth-order valence-corrected chi connectivity index (χ4v) is 2.49. The van der Waals surface area contributed by atoms with Gasteiger partial charge in [0, 0.05) is 17.8 Å². The third-order valence-electron chi connectivity index (χ3n) is 3.42. The summed E-state index contributed by atoms with van der Waals surface area (Å²) in [6.45, 7) is 0. The summed E-state index contributed by atoms with van der Waals surface area (Å²) in [5.74, 6) is 0.107. The summed E-state index contributed by atoms with van der Waals surface area (Å²) in [7, 11) is 0. The Labute approximate surface area is 112 Å². The average Bonchev–Trinajstić information content (AvgIpc) is 2.39. The zero-order chi connectivity index (χ0) is 13.2. The van der Waals surface area contributed by atoms with E-state index < -0.39 is 0 Å². The predicted octanol–water partition coefficient (Wildman–Crippen LogP) is 2.74. The van der Waals surface area contributed by atoms with Gasteiger partial charge in [0.05, 0.1) is 0 Å². The SMILES string of the molecule is Nc1cccc(Cc2ccc3c(c2)CCC(=O)N3)c1. The highest BCUT2D eigenvalue weighted by molar-refractivity contribution is 5.93. The number of nitrogens with one attached hydrogen (secondary N) is 1. The molecule has 2 aromatic carbocycles. The van der Waals surface area contributed by atoms with Crippen molar-refractivity contribution in [3.8, 4) is 0 Å². The summed E-state index contributed by atoms with van der Waals surface area (Å²) >= 11 is 0. The summed E-state index contributed by atoms with van der Waals surface area (Å²) in [6.07, 6.45) is 2.27. The molecule has 0 aliphatic carbocycles. The molecule has 0 spiro atoms. The van der Waals surface area contributed by atoms with Gasteiger partial charge in [-0.1, -0.05) is 24.3 Å². The van der Waals surface area contributed by atoms with Crippen LogP contribution < -0.4 is 11.1 Å². The molecular formula is C16H16N2O. The van der Waals surface area contributed by atoms with Crippen molar-refractivity contribution in [2.75, 3.05) is 11.1 Å². The summed E-state index contributed by atoms with van der Waals surface area (Å²) in [6, 6.07) is 14.2. The van der Waals surface area contributed by atoms with E-state index in [4.69, 9.17) is 5.73 Å². The van der Waals surface area contributed by atoms with Gasteiger partial charge in [-0.2, -0.15) is 0 Å². The maximum atomic E-state index is 11.3. The molecule has 1 aliphatic heterocycles. The summed E-state index contributed by atoms with van der Waals surface area (Å²) < 4.78 is 0. The quantitative estimate of drug-likeness (QED) is 0.807. The maximum Gasteiger partial charge on any atom is 0.224 e. The smallest absolute Gasteiger partial charge is 0.224 e. The fourth-order valence-electron chi connectivity index (χ4n) is 2.49. The number of carbonyl (C=O) groups is 1. The molecule has 3 heteroatoms. The number of nitrogens with two attached hydrogens (primary N) is 1. The first-order chi connectivity index (χ1) is 9.20. The molecule has 3 rings (SSSR count). The van der Waals surface area contributed by atoms with Crippen LogP contribution in [0.15, 0.2) is 42.5 Å². The largest absolute Gasteiger partial charge is 0.399 e. The average molecular weight is 252 g/mol. The van der Waals surface area contributed by atoms with Crippen molar-refractivity contribution in [1.82, 2.24) is 0 Å². The molecule has 19 heavy (non-hydrogen) atoms. The molecule has 1 aliphatic rings. The topological polar surface area (TPSA) is 55.1 Å². The van der Waals surface area contributed by atoms with Gasteiger partial charge in [0.15, 0.2) is 0 Å². The van der Waals surface area contributed by atoms with Crippen molar-refractivity contribution in [3.63, 3.8) is 0 Å². The van der Waals surface area contributed by atoms with Gasteiger partial charge < -0.3 is 11.1 Å². The number of hydrogen-bond donors (Lipinski definition) is 2. The van der Waals surface area contributed by atoms with Gasteiger partial charge in [0.2, 0.25) is 5.91 Å². The number of carbonyl (C=O) groups excluding carboxylic acids is 1. The zero-order valence-electron chi connectivity index (χ0n) is 10.6. The molecule has 0 aromatic heterocycles. The highest BCUT2D eigenvalue weighted by Crippen LogP contribution is 2.24. The number of aryl methyl sites for hydroxylation is 1. The number of benzene rings is 2. The molecule has 0 saturated heterocycles. The predicted molar refractivity (Wildman–Crippen MR) is 77.1 cm³/mol. The number of nitrogen functional groups attached to an aromatic ring is 1. The Morgan fingerprint density at radius 3 is 2.74 bits per heavy atom. The van der Waals surface area contributed by atoms with E-state index >= 15 is 0 Å². The van der Waals surface area contributed by atoms with Crippen LogP contribution in [-0.2, 0) is 17.6 Å². The van der Waals surface area contributed by atoms with E-state index in [0.29, 0.717) is 6.42 Å². The van der Waals surface area contributed by atoms with Crippen LogP contribution >= 0.6 is 0 Å². The van der Waals surface area contributed by atoms with E-state index in [1.165, 1.54) is 16.7 Å². The Morgan fingerprint density at radius 1 is 1.05 bits per heavy atom. The summed E-state index contributed by atoms with van der Waals surface area (Å²) in [5, 5.41) is 2.90. The Morgan fingerprint density at radius 2 is 1.89 bits per heavy atom. The molecule has 0 fully saturated rings. The molecule has 0 radical (unpaired) electrons. The van der Waals surface area contributed by atoms with Gasteiger partial charge in [0.25, 0.3) is 0 Å². The number of amides is 1. The molecule has 96 valence electrons. The van der Waals surface area contributed by atoms with Crippen LogP contribution in [0.5, 0.6) is 0 Å². The first kappa shape index (κ1) is 11.8. The highest BCUT2D eigenvalue weighted by atomic mass is 16.1. The van der Waals surface area contributed by atoms with Gasteiger partial charge >= 0.3 is 0 Å². The second kappa shape index (κ2) is 4.76. The first-order valence-corrected chi connectivity index (χ1v) is 6.47. The molecule has 0 bridgehead atoms. The number of hydrogen-bond acceptors (Lipinski definition) is 2. The highest BCUT2D eigenvalue weighted by Gasteiger charge is 2.14. The first-order valence-electron chi connectivity index (χ1n) is 6.47. The normalized spacial score (nSPS) is 13.8. The molecule has 0 saturated carbocycles. The van der Waals surface area contributed by atoms with Crippen molar-refractivity contribution in [1.29, 1.82) is 0 Å².